The number of carboxylic acids is 1. The van der Waals surface area contributed by atoms with Gasteiger partial charge in [-0.25, -0.2) is 14.2 Å². The van der Waals surface area contributed by atoms with Gasteiger partial charge in [-0.3, -0.25) is 0 Å². The first-order valence-corrected chi connectivity index (χ1v) is 4.18. The number of rotatable bonds is 2. The van der Waals surface area contributed by atoms with Gasteiger partial charge < -0.3 is 5.11 Å². The summed E-state index contributed by atoms with van der Waals surface area (Å²) in [5.74, 6) is -3.04. The maximum Gasteiger partial charge on any atom is 0.342 e. The molecule has 0 aliphatic carbocycles. The molecule has 0 saturated carbocycles. The average molecular weight is 225 g/mol. The third-order valence-corrected chi connectivity index (χ3v) is 1.87. The Hall–Kier alpha value is -2.31. The molecule has 1 N–H and O–H groups in total. The topological polar surface area (TPSA) is 68.0 Å². The van der Waals surface area contributed by atoms with E-state index in [1.54, 1.807) is 0 Å². The van der Waals surface area contributed by atoms with Gasteiger partial charge in [-0.05, 0) is 12.1 Å². The van der Waals surface area contributed by atoms with Crippen LogP contribution in [0.2, 0.25) is 0 Å². The number of aromatic carboxylic acids is 1. The largest absolute Gasteiger partial charge is 0.477 e. The van der Waals surface area contributed by atoms with Crippen molar-refractivity contribution in [1.29, 1.82) is 0 Å². The molecule has 2 rings (SSSR count). The number of hydrogen-bond acceptors (Lipinski definition) is 3. The quantitative estimate of drug-likeness (QED) is 0.834. The van der Waals surface area contributed by atoms with Crippen molar-refractivity contribution in [2.45, 2.75) is 0 Å². The molecule has 0 bridgehead atoms. The van der Waals surface area contributed by atoms with Crippen molar-refractivity contribution in [1.82, 2.24) is 14.8 Å². The molecule has 0 atom stereocenters. The Morgan fingerprint density at radius 3 is 2.56 bits per heavy atom. The first-order chi connectivity index (χ1) is 7.59. The van der Waals surface area contributed by atoms with Gasteiger partial charge in [0.15, 0.2) is 5.82 Å². The third kappa shape index (κ3) is 1.62. The molecule has 2 aromatic heterocycles. The van der Waals surface area contributed by atoms with Crippen LogP contribution in [-0.2, 0) is 0 Å². The van der Waals surface area contributed by atoms with E-state index < -0.39 is 23.3 Å². The van der Waals surface area contributed by atoms with Crippen LogP contribution in [0.3, 0.4) is 0 Å². The van der Waals surface area contributed by atoms with Gasteiger partial charge in [0.2, 0.25) is 5.95 Å². The molecule has 0 saturated heterocycles. The summed E-state index contributed by atoms with van der Waals surface area (Å²) in [4.78, 5) is 14.1. The van der Waals surface area contributed by atoms with Gasteiger partial charge in [-0.1, -0.05) is 0 Å². The Kier molecular flexibility index (Phi) is 2.35. The smallest absolute Gasteiger partial charge is 0.342 e. The summed E-state index contributed by atoms with van der Waals surface area (Å²) >= 11 is 0. The van der Waals surface area contributed by atoms with Crippen LogP contribution in [0.4, 0.5) is 8.78 Å². The monoisotopic (exact) mass is 225 g/mol. The Labute approximate surface area is 88.0 Å². The Balaban J connectivity index is 2.49. The van der Waals surface area contributed by atoms with Gasteiger partial charge >= 0.3 is 5.97 Å². The van der Waals surface area contributed by atoms with Crippen LogP contribution in [0.25, 0.3) is 5.82 Å². The van der Waals surface area contributed by atoms with Gasteiger partial charge in [0, 0.05) is 0 Å². The summed E-state index contributed by atoms with van der Waals surface area (Å²) in [5.41, 5.74) is -0.564. The number of halogens is 2. The van der Waals surface area contributed by atoms with Crippen LogP contribution in [0, 0.1) is 11.8 Å². The first kappa shape index (κ1) is 10.2. The van der Waals surface area contributed by atoms with Crippen molar-refractivity contribution in [3.8, 4) is 5.82 Å². The fraction of sp³-hybridized carbons (Fsp3) is 0. The van der Waals surface area contributed by atoms with E-state index in [1.807, 2.05) is 0 Å². The van der Waals surface area contributed by atoms with Gasteiger partial charge in [-0.15, -0.1) is 0 Å². The van der Waals surface area contributed by atoms with Crippen molar-refractivity contribution >= 4 is 5.97 Å². The van der Waals surface area contributed by atoms with E-state index >= 15 is 0 Å². The number of nitrogens with zero attached hydrogens (tertiary/aromatic N) is 3. The predicted molar refractivity (Wildman–Crippen MR) is 48.2 cm³/mol. The highest BCUT2D eigenvalue weighted by Crippen LogP contribution is 2.11. The Morgan fingerprint density at radius 2 is 2.06 bits per heavy atom. The zero-order valence-electron chi connectivity index (χ0n) is 7.76. The maximum absolute atomic E-state index is 13.5. The summed E-state index contributed by atoms with van der Waals surface area (Å²) < 4.78 is 26.7. The number of carboxylic acid groups (broad SMARTS) is 1. The number of carbonyl (C=O) groups is 1. The van der Waals surface area contributed by atoms with Crippen molar-refractivity contribution < 1.29 is 18.7 Å². The minimum Gasteiger partial charge on any atom is -0.477 e. The molecular weight excluding hydrogens is 220 g/mol. The Bertz CT molecular complexity index is 536. The fourth-order valence-corrected chi connectivity index (χ4v) is 1.13. The van der Waals surface area contributed by atoms with E-state index in [0.29, 0.717) is 4.68 Å². The molecule has 2 heterocycles. The second-order valence-corrected chi connectivity index (χ2v) is 2.90. The molecule has 16 heavy (non-hydrogen) atoms. The van der Waals surface area contributed by atoms with Gasteiger partial charge in [-0.2, -0.15) is 14.2 Å². The Morgan fingerprint density at radius 1 is 1.31 bits per heavy atom. The molecule has 0 aliphatic rings. The molecule has 5 nitrogen and oxygen atoms in total. The lowest BCUT2D eigenvalue weighted by Gasteiger charge is -2.00. The standard InChI is InChI=1S/C9H5F2N3O2/c10-5-1-2-7(12-3-5)14-8(11)6(4-13-14)9(15)16/h1-4H,(H,15,16). The second-order valence-electron chi connectivity index (χ2n) is 2.90. The lowest BCUT2D eigenvalue weighted by atomic mass is 10.3. The summed E-state index contributed by atoms with van der Waals surface area (Å²) in [6.45, 7) is 0. The molecule has 0 amide bonds. The normalized spacial score (nSPS) is 10.4. The van der Waals surface area contributed by atoms with E-state index in [9.17, 15) is 13.6 Å². The molecule has 0 spiro atoms. The number of hydrogen-bond donors (Lipinski definition) is 1. The molecule has 82 valence electrons. The fourth-order valence-electron chi connectivity index (χ4n) is 1.13. The summed E-state index contributed by atoms with van der Waals surface area (Å²) in [6, 6.07) is 2.26. The van der Waals surface area contributed by atoms with E-state index in [4.69, 9.17) is 5.11 Å². The number of pyridine rings is 1. The molecule has 0 radical (unpaired) electrons. The van der Waals surface area contributed by atoms with Crippen molar-refractivity contribution in [2.75, 3.05) is 0 Å². The minimum atomic E-state index is -1.43. The average Bonchev–Trinajstić information content (AvgIpc) is 2.61. The SMILES string of the molecule is O=C(O)c1cnn(-c2ccc(F)cn2)c1F. The highest BCUT2D eigenvalue weighted by atomic mass is 19.1. The van der Waals surface area contributed by atoms with Crippen LogP contribution < -0.4 is 0 Å². The first-order valence-electron chi connectivity index (χ1n) is 4.18. The molecule has 0 unspecified atom stereocenters. The van der Waals surface area contributed by atoms with Crippen molar-refractivity contribution in [2.24, 2.45) is 0 Å². The molecule has 2 aromatic rings. The molecule has 0 fully saturated rings. The van der Waals surface area contributed by atoms with Crippen LogP contribution >= 0.6 is 0 Å². The highest BCUT2D eigenvalue weighted by Gasteiger charge is 2.17. The zero-order chi connectivity index (χ0) is 11.7. The van der Waals surface area contributed by atoms with E-state index in [2.05, 4.69) is 10.1 Å². The predicted octanol–water partition coefficient (Wildman–Crippen LogP) is 1.24. The van der Waals surface area contributed by atoms with Gasteiger partial charge in [0.1, 0.15) is 11.4 Å². The van der Waals surface area contributed by atoms with E-state index in [1.165, 1.54) is 6.07 Å². The van der Waals surface area contributed by atoms with Crippen molar-refractivity contribution in [3.05, 3.63) is 41.9 Å². The van der Waals surface area contributed by atoms with Crippen LogP contribution in [0.15, 0.2) is 24.5 Å². The summed E-state index contributed by atoms with van der Waals surface area (Å²) in [7, 11) is 0. The minimum absolute atomic E-state index is 0.00593. The summed E-state index contributed by atoms with van der Waals surface area (Å²) in [5, 5.41) is 12.1. The van der Waals surface area contributed by atoms with Crippen LogP contribution in [0.5, 0.6) is 0 Å². The lowest BCUT2D eigenvalue weighted by molar-refractivity contribution is 0.0691. The van der Waals surface area contributed by atoms with E-state index in [-0.39, 0.29) is 5.82 Å². The lowest BCUT2D eigenvalue weighted by Crippen LogP contribution is -2.05. The van der Waals surface area contributed by atoms with Crippen molar-refractivity contribution in [3.63, 3.8) is 0 Å². The summed E-state index contributed by atoms with van der Waals surface area (Å²) in [6.07, 6.45) is 1.75. The van der Waals surface area contributed by atoms with E-state index in [0.717, 1.165) is 18.5 Å². The molecule has 0 aliphatic heterocycles. The maximum atomic E-state index is 13.5. The molecule has 0 aromatic carbocycles. The molecular formula is C9H5F2N3O2. The zero-order valence-corrected chi connectivity index (χ0v) is 7.76. The van der Waals surface area contributed by atoms with Gasteiger partial charge in [0.25, 0.3) is 0 Å². The van der Waals surface area contributed by atoms with Crippen LogP contribution in [0.1, 0.15) is 10.4 Å². The van der Waals surface area contributed by atoms with Gasteiger partial charge in [0.05, 0.1) is 12.4 Å². The third-order valence-electron chi connectivity index (χ3n) is 1.87. The second kappa shape index (κ2) is 3.69. The number of aromatic nitrogens is 3. The van der Waals surface area contributed by atoms with Crippen LogP contribution in [-0.4, -0.2) is 25.8 Å². The molecule has 7 heteroatoms. The highest BCUT2D eigenvalue weighted by molar-refractivity contribution is 5.87.